The highest BCUT2D eigenvalue weighted by Gasteiger charge is 2.59. The van der Waals surface area contributed by atoms with Crippen molar-refractivity contribution in [3.63, 3.8) is 0 Å². The Morgan fingerprint density at radius 1 is 1.07 bits per heavy atom. The summed E-state index contributed by atoms with van der Waals surface area (Å²) in [6.07, 6.45) is -0.632. The summed E-state index contributed by atoms with van der Waals surface area (Å²) < 4.78 is 23.7. The number of allylic oxidation sites excluding steroid dienone is 1. The maximum Gasteiger partial charge on any atom is 0.316 e. The lowest BCUT2D eigenvalue weighted by atomic mass is 9.85. The summed E-state index contributed by atoms with van der Waals surface area (Å²) in [5.74, 6) is -4.87. The molecule has 0 aliphatic carbocycles. The number of aromatic hydroxyl groups is 1. The minimum Gasteiger partial charge on any atom is -0.549 e. The molecule has 4 heterocycles. The molecule has 1 aromatic heterocycles. The van der Waals surface area contributed by atoms with Gasteiger partial charge in [0, 0.05) is 30.5 Å². The number of phenols is 1. The van der Waals surface area contributed by atoms with E-state index >= 15 is 0 Å². The first-order chi connectivity index (χ1) is 28.8. The Balaban J connectivity index is 1.23. The number of hydrogen-bond acceptors (Lipinski definition) is 16. The van der Waals surface area contributed by atoms with Crippen molar-refractivity contribution in [3.8, 4) is 22.6 Å². The number of carboxylic acids is 1. The molecule has 4 aromatic rings. The Hall–Kier alpha value is -5.76. The molecule has 0 saturated carbocycles. The molecule has 0 bridgehead atoms. The fourth-order valence-electron chi connectivity index (χ4n) is 7.87. The van der Waals surface area contributed by atoms with Crippen LogP contribution in [0.3, 0.4) is 0 Å². The number of ether oxygens (including phenoxy) is 3. The number of nitrogens with one attached hydrogen (secondary N) is 2. The zero-order valence-corrected chi connectivity index (χ0v) is 32.8. The smallest absolute Gasteiger partial charge is 0.316 e. The van der Waals surface area contributed by atoms with Crippen LogP contribution in [0.25, 0.3) is 22.1 Å². The van der Waals surface area contributed by atoms with Gasteiger partial charge in [-0.3, -0.25) is 14.6 Å². The first-order valence-corrected chi connectivity index (χ1v) is 19.2. The minimum absolute atomic E-state index is 0.0281. The molecule has 3 aliphatic heterocycles. The maximum absolute atomic E-state index is 13.5. The summed E-state index contributed by atoms with van der Waals surface area (Å²) in [4.78, 5) is 49.9. The lowest BCUT2D eigenvalue weighted by Crippen LogP contribution is -3.08. The van der Waals surface area contributed by atoms with Gasteiger partial charge < -0.3 is 59.4 Å². The van der Waals surface area contributed by atoms with Crippen LogP contribution in [-0.4, -0.2) is 106 Å². The van der Waals surface area contributed by atoms with Crippen LogP contribution in [0.4, 0.5) is 0 Å². The number of aryl methyl sites for hydroxylation is 2. The molecule has 7 rings (SSSR count). The second-order valence-electron chi connectivity index (χ2n) is 15.0. The number of aliphatic carboxylic acids is 1. The summed E-state index contributed by atoms with van der Waals surface area (Å²) in [6.45, 7) is 1.44. The van der Waals surface area contributed by atoms with Gasteiger partial charge in [0.1, 0.15) is 65.6 Å². The average molecular weight is 828 g/mol. The summed E-state index contributed by atoms with van der Waals surface area (Å²) >= 11 is 0. The predicted molar refractivity (Wildman–Crippen MR) is 210 cm³/mol. The number of nitrogens with zero attached hydrogens (tertiary/aromatic N) is 1. The number of carbonyl (C=O) groups excluding carboxylic acids is 2. The number of carboxylic acid groups (broad SMARTS) is 1. The number of esters is 1. The summed E-state index contributed by atoms with van der Waals surface area (Å²) in [7, 11) is 1.39. The Kier molecular flexibility index (Phi) is 12.3. The van der Waals surface area contributed by atoms with Gasteiger partial charge in [-0.15, -0.1) is 0 Å². The van der Waals surface area contributed by atoms with Crippen molar-refractivity contribution in [2.24, 2.45) is 10.9 Å². The molecule has 17 heteroatoms. The fourth-order valence-corrected chi connectivity index (χ4v) is 7.87. The van der Waals surface area contributed by atoms with Crippen molar-refractivity contribution in [3.05, 3.63) is 118 Å². The molecule has 7 N–H and O–H groups in total. The van der Waals surface area contributed by atoms with Crippen LogP contribution in [0.2, 0.25) is 0 Å². The first kappa shape index (κ1) is 42.4. The molecule has 1 fully saturated rings. The van der Waals surface area contributed by atoms with E-state index in [-0.39, 0.29) is 39.9 Å². The maximum atomic E-state index is 13.5. The number of aliphatic hydroxyl groups excluding tert-OH is 3. The summed E-state index contributed by atoms with van der Waals surface area (Å²) in [5.41, 5.74) is 2.16. The van der Waals surface area contributed by atoms with Gasteiger partial charge in [0.05, 0.1) is 29.1 Å². The standard InChI is InChI=1S/C43H45N3O14/c1-22-14-23(2)16-26(15-22)36-35-25(10-12-45-35)18-46(36)60-38-39(51)43(55,21-48)33(20-57-41(54)34(40(52)53)31(44-3)11-13-47)59-42(38)58-28-8-9-29-32(17-28)56-19-30(37(29)50)24-4-6-27(49)7-5-24/h4-10,12,14-19,31,33-34,36,38-39,42,44,47-49,51,55H,11,13,20-21H2,1-3H3,(H,52,53). The highest BCUT2D eigenvalue weighted by Crippen LogP contribution is 2.35. The molecule has 3 aliphatic rings. The largest absolute Gasteiger partial charge is 0.549 e. The van der Waals surface area contributed by atoms with Crippen LogP contribution in [0.15, 0.2) is 105 Å². The number of aliphatic imine (C=N–C) groups is 1. The van der Waals surface area contributed by atoms with Crippen LogP contribution in [0, 0.1) is 19.8 Å². The third-order valence-corrected chi connectivity index (χ3v) is 10.9. The molecule has 0 amide bonds. The summed E-state index contributed by atoms with van der Waals surface area (Å²) in [5, 5.41) is 68.9. The topological polar surface area (TPSA) is 254 Å². The molecule has 316 valence electrons. The molecule has 60 heavy (non-hydrogen) atoms. The predicted octanol–water partition coefficient (Wildman–Crippen LogP) is -0.358. The van der Waals surface area contributed by atoms with Crippen LogP contribution in [-0.2, 0) is 23.9 Å². The number of phenolic OH excluding ortho intramolecular Hbond substituents is 1. The molecule has 17 nitrogen and oxygen atoms in total. The number of carbonyl (C=O) groups is 2. The Bertz CT molecular complexity index is 2390. The molecule has 0 spiro atoms. The van der Waals surface area contributed by atoms with Crippen molar-refractivity contribution >= 4 is 28.6 Å². The molecule has 9 atom stereocenters. The van der Waals surface area contributed by atoms with Crippen LogP contribution in [0.1, 0.15) is 29.2 Å². The zero-order valence-electron chi connectivity index (χ0n) is 32.8. The lowest BCUT2D eigenvalue weighted by Gasteiger charge is -2.47. The number of rotatable bonds is 15. The quantitative estimate of drug-likeness (QED) is 0.0597. The molecule has 0 radical (unpaired) electrons. The second-order valence-corrected chi connectivity index (χ2v) is 15.0. The van der Waals surface area contributed by atoms with Crippen molar-refractivity contribution in [2.75, 3.05) is 26.9 Å². The third kappa shape index (κ3) is 8.21. The van der Waals surface area contributed by atoms with Crippen molar-refractivity contribution in [1.29, 1.82) is 0 Å². The van der Waals surface area contributed by atoms with Crippen molar-refractivity contribution < 1.29 is 68.8 Å². The van der Waals surface area contributed by atoms with E-state index in [0.29, 0.717) is 16.3 Å². The van der Waals surface area contributed by atoms with Crippen molar-refractivity contribution in [2.45, 2.75) is 62.6 Å². The Morgan fingerprint density at radius 2 is 1.80 bits per heavy atom. The Morgan fingerprint density at radius 3 is 2.47 bits per heavy atom. The Labute approximate surface area is 343 Å². The van der Waals surface area contributed by atoms with Gasteiger partial charge in [-0.2, -0.15) is 9.90 Å². The molecule has 9 unspecified atom stereocenters. The van der Waals surface area contributed by atoms with E-state index in [0.717, 1.165) is 22.3 Å². The van der Waals surface area contributed by atoms with Gasteiger partial charge in [-0.05, 0) is 75.4 Å². The summed E-state index contributed by atoms with van der Waals surface area (Å²) in [6, 6.07) is 14.7. The number of aliphatic hydroxyl groups is 4. The molecule has 1 saturated heterocycles. The lowest BCUT2D eigenvalue weighted by molar-refractivity contribution is -1.07. The van der Waals surface area contributed by atoms with Crippen molar-refractivity contribution in [1.82, 2.24) is 5.32 Å². The number of hydroxylamine groups is 2. The third-order valence-electron chi connectivity index (χ3n) is 10.9. The monoisotopic (exact) mass is 827 g/mol. The minimum atomic E-state index is -2.58. The number of hydrogen-bond donors (Lipinski definition) is 7. The van der Waals surface area contributed by atoms with E-state index in [9.17, 15) is 45.0 Å². The van der Waals surface area contributed by atoms with Gasteiger partial charge in [0.15, 0.2) is 11.5 Å². The van der Waals surface area contributed by atoms with E-state index in [2.05, 4.69) is 10.3 Å². The highest BCUT2D eigenvalue weighted by molar-refractivity contribution is 6.08. The average Bonchev–Trinajstić information content (AvgIpc) is 3.81. The molecular formula is C43H45N3O14. The van der Waals surface area contributed by atoms with Crippen LogP contribution >= 0.6 is 0 Å². The second kappa shape index (κ2) is 17.5. The van der Waals surface area contributed by atoms with Crippen LogP contribution in [0.5, 0.6) is 11.5 Å². The van der Waals surface area contributed by atoms with Gasteiger partial charge >= 0.3 is 5.97 Å². The highest BCUT2D eigenvalue weighted by atomic mass is 16.8. The van der Waals surface area contributed by atoms with Gasteiger partial charge in [0.2, 0.25) is 12.4 Å². The van der Waals surface area contributed by atoms with Gasteiger partial charge in [0.25, 0.3) is 0 Å². The number of fused-ring (bicyclic) bond motifs is 2. The SMILES string of the molecule is CNC(CCO)C(C(=O)[O-])C(=O)OCC1OC(Oc2ccc3c(=O)c(-c4ccc(O)cc4)coc3c2)C(O[NH+]2C=C3C=CN=C3C2c2cc(C)cc(C)c2)C(O)C1(O)CO. The van der Waals surface area contributed by atoms with Gasteiger partial charge in [-0.25, -0.2) is 0 Å². The van der Waals surface area contributed by atoms with E-state index in [1.807, 2.05) is 32.0 Å². The van der Waals surface area contributed by atoms with E-state index in [1.54, 1.807) is 30.6 Å². The zero-order chi connectivity index (χ0) is 42.9. The first-order valence-electron chi connectivity index (χ1n) is 19.2. The van der Waals surface area contributed by atoms with E-state index in [1.165, 1.54) is 43.6 Å². The van der Waals surface area contributed by atoms with Gasteiger partial charge in [-0.1, -0.05) is 29.3 Å². The van der Waals surface area contributed by atoms with E-state index < -0.39 is 80.0 Å². The fraction of sp³-hybridized carbons (Fsp3) is 0.349. The molecule has 3 aromatic carbocycles. The number of benzene rings is 3. The van der Waals surface area contributed by atoms with E-state index in [4.69, 9.17) is 23.5 Å². The number of quaternary nitrogens is 1. The normalized spacial score (nSPS) is 25.6. The van der Waals surface area contributed by atoms with Crippen LogP contribution < -0.4 is 25.7 Å². The molecular weight excluding hydrogens is 782 g/mol.